The molecule has 7 nitrogen and oxygen atoms in total. The number of aromatic nitrogens is 2. The highest BCUT2D eigenvalue weighted by molar-refractivity contribution is 6.03. The van der Waals surface area contributed by atoms with Crippen molar-refractivity contribution in [2.24, 2.45) is 0 Å². The smallest absolute Gasteiger partial charge is 0.274 e. The van der Waals surface area contributed by atoms with Crippen LogP contribution in [0.2, 0.25) is 0 Å². The number of carbonyl (C=O) groups excluding carboxylic acids is 1. The number of nitrogens with zero attached hydrogens (tertiary/aromatic N) is 2. The summed E-state index contributed by atoms with van der Waals surface area (Å²) < 4.78 is 23.5. The second-order valence-corrected chi connectivity index (χ2v) is 5.77. The van der Waals surface area contributed by atoms with Crippen molar-refractivity contribution in [3.05, 3.63) is 71.8 Å². The zero-order valence-electron chi connectivity index (χ0n) is 14.1. The molecule has 0 spiro atoms. The average Bonchev–Trinajstić information content (AvgIpc) is 3.15. The van der Waals surface area contributed by atoms with Gasteiger partial charge in [-0.05, 0) is 35.9 Å². The molecule has 2 heterocycles. The SMILES string of the molecule is O=C(Nc1ccc2c(c1)OCO2)c1ccnc(NCc2ccc(F)cc2)n1. The summed E-state index contributed by atoms with van der Waals surface area (Å²) in [4.78, 5) is 20.7. The number of nitrogens with one attached hydrogen (secondary N) is 2. The zero-order chi connectivity index (χ0) is 18.6. The number of hydrogen-bond donors (Lipinski definition) is 2. The van der Waals surface area contributed by atoms with Crippen molar-refractivity contribution in [1.29, 1.82) is 0 Å². The summed E-state index contributed by atoms with van der Waals surface area (Å²) in [5, 5.41) is 5.77. The molecule has 1 amide bonds. The molecule has 1 aromatic heterocycles. The minimum atomic E-state index is -0.374. The van der Waals surface area contributed by atoms with Crippen LogP contribution in [0.1, 0.15) is 16.1 Å². The van der Waals surface area contributed by atoms with Gasteiger partial charge in [0, 0.05) is 24.5 Å². The van der Waals surface area contributed by atoms with E-state index >= 15 is 0 Å². The summed E-state index contributed by atoms with van der Waals surface area (Å²) in [5.74, 6) is 0.857. The van der Waals surface area contributed by atoms with Gasteiger partial charge in [0.25, 0.3) is 5.91 Å². The van der Waals surface area contributed by atoms with E-state index in [1.54, 1.807) is 30.3 Å². The molecule has 0 bridgehead atoms. The van der Waals surface area contributed by atoms with Crippen LogP contribution < -0.4 is 20.1 Å². The molecule has 0 fully saturated rings. The molecule has 3 aromatic rings. The van der Waals surface area contributed by atoms with Crippen molar-refractivity contribution >= 4 is 17.5 Å². The number of amides is 1. The molecule has 0 saturated carbocycles. The van der Waals surface area contributed by atoms with Gasteiger partial charge in [-0.25, -0.2) is 14.4 Å². The third-order valence-corrected chi connectivity index (χ3v) is 3.88. The Morgan fingerprint density at radius 3 is 2.74 bits per heavy atom. The maximum Gasteiger partial charge on any atom is 0.274 e. The summed E-state index contributed by atoms with van der Waals surface area (Å²) >= 11 is 0. The van der Waals surface area contributed by atoms with Crippen LogP contribution in [0.4, 0.5) is 16.0 Å². The monoisotopic (exact) mass is 366 g/mol. The van der Waals surface area contributed by atoms with Gasteiger partial charge in [0.15, 0.2) is 11.5 Å². The first-order valence-electron chi connectivity index (χ1n) is 8.20. The van der Waals surface area contributed by atoms with Crippen LogP contribution in [-0.4, -0.2) is 22.7 Å². The molecular formula is C19H15FN4O3. The molecule has 27 heavy (non-hydrogen) atoms. The van der Waals surface area contributed by atoms with Gasteiger partial charge in [-0.1, -0.05) is 12.1 Å². The summed E-state index contributed by atoms with van der Waals surface area (Å²) in [6, 6.07) is 12.8. The Kier molecular flexibility index (Phi) is 4.52. The molecule has 2 N–H and O–H groups in total. The Balaban J connectivity index is 1.42. The van der Waals surface area contributed by atoms with E-state index in [4.69, 9.17) is 9.47 Å². The van der Waals surface area contributed by atoms with Crippen LogP contribution in [0.15, 0.2) is 54.7 Å². The first-order valence-corrected chi connectivity index (χ1v) is 8.20. The third-order valence-electron chi connectivity index (χ3n) is 3.88. The van der Waals surface area contributed by atoms with Crippen molar-refractivity contribution < 1.29 is 18.7 Å². The van der Waals surface area contributed by atoms with Crippen LogP contribution in [0.3, 0.4) is 0 Å². The fourth-order valence-electron chi connectivity index (χ4n) is 2.52. The number of carbonyl (C=O) groups is 1. The number of benzene rings is 2. The minimum absolute atomic E-state index is 0.168. The fraction of sp³-hybridized carbons (Fsp3) is 0.105. The van der Waals surface area contributed by atoms with E-state index in [0.717, 1.165) is 5.56 Å². The van der Waals surface area contributed by atoms with Crippen LogP contribution in [0, 0.1) is 5.82 Å². The topological polar surface area (TPSA) is 85.4 Å². The highest BCUT2D eigenvalue weighted by atomic mass is 19.1. The number of anilines is 2. The van der Waals surface area contributed by atoms with Crippen molar-refractivity contribution in [2.45, 2.75) is 6.54 Å². The van der Waals surface area contributed by atoms with Crippen LogP contribution in [-0.2, 0) is 6.54 Å². The Morgan fingerprint density at radius 2 is 1.89 bits per heavy atom. The van der Waals surface area contributed by atoms with Gasteiger partial charge in [-0.15, -0.1) is 0 Å². The quantitative estimate of drug-likeness (QED) is 0.721. The largest absolute Gasteiger partial charge is 0.454 e. The number of hydrogen-bond acceptors (Lipinski definition) is 6. The van der Waals surface area contributed by atoms with E-state index in [-0.39, 0.29) is 24.2 Å². The van der Waals surface area contributed by atoms with Gasteiger partial charge in [0.1, 0.15) is 11.5 Å². The standard InChI is InChI=1S/C19H15FN4O3/c20-13-3-1-12(2-4-13)10-22-19-21-8-7-15(24-19)18(25)23-14-5-6-16-17(9-14)27-11-26-16/h1-9H,10-11H2,(H,23,25)(H,21,22,24). The van der Waals surface area contributed by atoms with Crippen LogP contribution in [0.5, 0.6) is 11.5 Å². The van der Waals surface area contributed by atoms with Crippen molar-refractivity contribution in [3.63, 3.8) is 0 Å². The summed E-state index contributed by atoms with van der Waals surface area (Å²) in [7, 11) is 0. The van der Waals surface area contributed by atoms with E-state index in [1.807, 2.05) is 0 Å². The second kappa shape index (κ2) is 7.28. The van der Waals surface area contributed by atoms with Gasteiger partial charge >= 0.3 is 0 Å². The molecule has 0 unspecified atom stereocenters. The predicted molar refractivity (Wildman–Crippen MR) is 96.3 cm³/mol. The lowest BCUT2D eigenvalue weighted by Gasteiger charge is -2.08. The fourth-order valence-corrected chi connectivity index (χ4v) is 2.52. The molecule has 1 aliphatic heterocycles. The highest BCUT2D eigenvalue weighted by Gasteiger charge is 2.15. The number of ether oxygens (including phenoxy) is 2. The average molecular weight is 366 g/mol. The van der Waals surface area contributed by atoms with E-state index in [9.17, 15) is 9.18 Å². The predicted octanol–water partition coefficient (Wildman–Crippen LogP) is 3.21. The minimum Gasteiger partial charge on any atom is -0.454 e. The molecule has 0 atom stereocenters. The normalized spacial score (nSPS) is 11.9. The van der Waals surface area contributed by atoms with Gasteiger partial charge in [0.2, 0.25) is 12.7 Å². The van der Waals surface area contributed by atoms with Crippen molar-refractivity contribution in [3.8, 4) is 11.5 Å². The lowest BCUT2D eigenvalue weighted by atomic mass is 10.2. The Bertz CT molecular complexity index is 979. The van der Waals surface area contributed by atoms with Gasteiger partial charge in [-0.3, -0.25) is 4.79 Å². The molecule has 0 saturated heterocycles. The second-order valence-electron chi connectivity index (χ2n) is 5.77. The molecule has 1 aliphatic rings. The molecule has 2 aromatic carbocycles. The number of halogens is 1. The lowest BCUT2D eigenvalue weighted by molar-refractivity contribution is 0.102. The molecule has 0 radical (unpaired) electrons. The highest BCUT2D eigenvalue weighted by Crippen LogP contribution is 2.34. The van der Waals surface area contributed by atoms with Crippen molar-refractivity contribution in [1.82, 2.24) is 9.97 Å². The maximum absolute atomic E-state index is 12.9. The number of fused-ring (bicyclic) bond motifs is 1. The molecule has 0 aliphatic carbocycles. The van der Waals surface area contributed by atoms with Gasteiger partial charge in [-0.2, -0.15) is 0 Å². The Labute approximate surface area is 154 Å². The van der Waals surface area contributed by atoms with Crippen molar-refractivity contribution in [2.75, 3.05) is 17.4 Å². The zero-order valence-corrected chi connectivity index (χ0v) is 14.1. The van der Waals surface area contributed by atoms with E-state index in [0.29, 0.717) is 29.7 Å². The van der Waals surface area contributed by atoms with Gasteiger partial charge < -0.3 is 20.1 Å². The Hall–Kier alpha value is -3.68. The Morgan fingerprint density at radius 1 is 1.07 bits per heavy atom. The third kappa shape index (κ3) is 3.95. The van der Waals surface area contributed by atoms with E-state index in [2.05, 4.69) is 20.6 Å². The molecule has 4 rings (SSSR count). The molecular weight excluding hydrogens is 351 g/mol. The molecule has 136 valence electrons. The first-order chi connectivity index (χ1) is 13.2. The molecule has 8 heteroatoms. The first kappa shape index (κ1) is 16.8. The van der Waals surface area contributed by atoms with Gasteiger partial charge in [0.05, 0.1) is 0 Å². The maximum atomic E-state index is 12.9. The van der Waals surface area contributed by atoms with Crippen LogP contribution in [0.25, 0.3) is 0 Å². The summed E-state index contributed by atoms with van der Waals surface area (Å²) in [5.41, 5.74) is 1.66. The van der Waals surface area contributed by atoms with E-state index < -0.39 is 0 Å². The summed E-state index contributed by atoms with van der Waals surface area (Å²) in [6.45, 7) is 0.579. The number of rotatable bonds is 5. The van der Waals surface area contributed by atoms with Crippen LogP contribution >= 0.6 is 0 Å². The lowest BCUT2D eigenvalue weighted by Crippen LogP contribution is -2.15. The summed E-state index contributed by atoms with van der Waals surface area (Å²) in [6.07, 6.45) is 1.49. The van der Waals surface area contributed by atoms with E-state index in [1.165, 1.54) is 24.4 Å².